The maximum Gasteiger partial charge on any atom is 0.328 e. The van der Waals surface area contributed by atoms with E-state index in [0.717, 1.165) is 16.9 Å². The summed E-state index contributed by atoms with van der Waals surface area (Å²) < 4.78 is 6.64. The smallest absolute Gasteiger partial charge is 0.328 e. The predicted molar refractivity (Wildman–Crippen MR) is 61.2 cm³/mol. The van der Waals surface area contributed by atoms with Crippen molar-refractivity contribution in [1.29, 1.82) is 0 Å². The molecule has 4 nitrogen and oxygen atoms in total. The number of nitrogens with zero attached hydrogens (tertiary/aromatic N) is 2. The monoisotopic (exact) mass is 218 g/mol. The van der Waals surface area contributed by atoms with Crippen molar-refractivity contribution in [3.63, 3.8) is 0 Å². The van der Waals surface area contributed by atoms with Crippen molar-refractivity contribution >= 4 is 17.0 Å². The lowest BCUT2D eigenvalue weighted by Crippen LogP contribution is -2.18. The maximum absolute atomic E-state index is 11.5. The van der Waals surface area contributed by atoms with E-state index < -0.39 is 0 Å². The number of hydrogen-bond acceptors (Lipinski definition) is 3. The molecule has 0 unspecified atom stereocenters. The summed E-state index contributed by atoms with van der Waals surface area (Å²) in [7, 11) is 1.40. The van der Waals surface area contributed by atoms with E-state index in [9.17, 15) is 4.79 Å². The first-order chi connectivity index (χ1) is 7.65. The van der Waals surface area contributed by atoms with Crippen LogP contribution in [0.15, 0.2) is 24.3 Å². The van der Waals surface area contributed by atoms with Crippen LogP contribution in [-0.4, -0.2) is 22.6 Å². The molecule has 0 saturated heterocycles. The molecule has 0 N–H and O–H groups in total. The van der Waals surface area contributed by atoms with Gasteiger partial charge < -0.3 is 9.30 Å². The normalized spacial score (nSPS) is 12.7. The third kappa shape index (κ3) is 1.56. The highest BCUT2D eigenvalue weighted by atomic mass is 16.5. The van der Waals surface area contributed by atoms with Gasteiger partial charge in [-0.3, -0.25) is 0 Å². The van der Waals surface area contributed by atoms with Gasteiger partial charge in [0.1, 0.15) is 11.9 Å². The van der Waals surface area contributed by atoms with Gasteiger partial charge in [0, 0.05) is 0 Å². The average molecular weight is 218 g/mol. The minimum absolute atomic E-state index is 0.258. The lowest BCUT2D eigenvalue weighted by Gasteiger charge is -2.13. The maximum atomic E-state index is 11.5. The molecule has 0 radical (unpaired) electrons. The number of aryl methyl sites for hydroxylation is 1. The molecule has 1 atom stereocenters. The van der Waals surface area contributed by atoms with Crippen molar-refractivity contribution in [2.24, 2.45) is 0 Å². The first kappa shape index (κ1) is 10.7. The van der Waals surface area contributed by atoms with Crippen molar-refractivity contribution in [2.75, 3.05) is 7.11 Å². The average Bonchev–Trinajstić information content (AvgIpc) is 2.63. The number of ether oxygens (including phenoxy) is 1. The van der Waals surface area contributed by atoms with Gasteiger partial charge in [-0.1, -0.05) is 12.1 Å². The Morgan fingerprint density at radius 1 is 1.44 bits per heavy atom. The van der Waals surface area contributed by atoms with E-state index >= 15 is 0 Å². The summed E-state index contributed by atoms with van der Waals surface area (Å²) in [5.41, 5.74) is 1.86. The second-order valence-corrected chi connectivity index (χ2v) is 3.72. The molecule has 1 aromatic carbocycles. The van der Waals surface area contributed by atoms with Crippen LogP contribution in [0.3, 0.4) is 0 Å². The Morgan fingerprint density at radius 3 is 2.81 bits per heavy atom. The fourth-order valence-corrected chi connectivity index (χ4v) is 1.93. The topological polar surface area (TPSA) is 44.1 Å². The van der Waals surface area contributed by atoms with Gasteiger partial charge in [-0.05, 0) is 26.0 Å². The van der Waals surface area contributed by atoms with Crippen LogP contribution in [-0.2, 0) is 9.53 Å². The van der Waals surface area contributed by atoms with Gasteiger partial charge in [0.25, 0.3) is 0 Å². The number of aromatic nitrogens is 2. The molecule has 2 aromatic rings. The lowest BCUT2D eigenvalue weighted by molar-refractivity contribution is -0.143. The van der Waals surface area contributed by atoms with Crippen LogP contribution < -0.4 is 0 Å². The van der Waals surface area contributed by atoms with Gasteiger partial charge in [0.05, 0.1) is 18.1 Å². The SMILES string of the molecule is COC(=O)[C@H](C)n1c(C)nc2ccccc21. The van der Waals surface area contributed by atoms with Crippen LogP contribution in [0.4, 0.5) is 0 Å². The molecule has 1 heterocycles. The zero-order valence-electron chi connectivity index (χ0n) is 9.60. The van der Waals surface area contributed by atoms with Crippen molar-refractivity contribution in [2.45, 2.75) is 19.9 Å². The Kier molecular flexibility index (Phi) is 2.64. The molecule has 0 aliphatic carbocycles. The highest BCUT2D eigenvalue weighted by Crippen LogP contribution is 2.21. The predicted octanol–water partition coefficient (Wildman–Crippen LogP) is 2.08. The number of para-hydroxylation sites is 2. The Morgan fingerprint density at radius 2 is 2.12 bits per heavy atom. The number of benzene rings is 1. The largest absolute Gasteiger partial charge is 0.467 e. The Bertz CT molecular complexity index is 531. The number of imidazole rings is 1. The summed E-state index contributed by atoms with van der Waals surface area (Å²) in [6, 6.07) is 7.40. The fourth-order valence-electron chi connectivity index (χ4n) is 1.93. The van der Waals surface area contributed by atoms with Gasteiger partial charge in [-0.25, -0.2) is 9.78 Å². The van der Waals surface area contributed by atoms with Crippen LogP contribution >= 0.6 is 0 Å². The van der Waals surface area contributed by atoms with Crippen molar-refractivity contribution in [3.8, 4) is 0 Å². The van der Waals surface area contributed by atoms with Gasteiger partial charge in [-0.15, -0.1) is 0 Å². The molecular weight excluding hydrogens is 204 g/mol. The Balaban J connectivity index is 2.59. The quantitative estimate of drug-likeness (QED) is 0.725. The molecule has 1 aromatic heterocycles. The minimum Gasteiger partial charge on any atom is -0.467 e. The van der Waals surface area contributed by atoms with Gasteiger partial charge >= 0.3 is 5.97 Å². The van der Waals surface area contributed by atoms with Crippen LogP contribution in [0.2, 0.25) is 0 Å². The first-order valence-corrected chi connectivity index (χ1v) is 5.16. The van der Waals surface area contributed by atoms with Crippen LogP contribution in [0, 0.1) is 6.92 Å². The second kappa shape index (κ2) is 3.96. The fraction of sp³-hybridized carbons (Fsp3) is 0.333. The molecule has 16 heavy (non-hydrogen) atoms. The summed E-state index contributed by atoms with van der Waals surface area (Å²) in [6.07, 6.45) is 0. The van der Waals surface area contributed by atoms with Crippen molar-refractivity contribution in [1.82, 2.24) is 9.55 Å². The van der Waals surface area contributed by atoms with E-state index in [-0.39, 0.29) is 12.0 Å². The molecule has 0 amide bonds. The molecule has 0 fully saturated rings. The zero-order chi connectivity index (χ0) is 11.7. The number of hydrogen-bond donors (Lipinski definition) is 0. The highest BCUT2D eigenvalue weighted by molar-refractivity contribution is 5.80. The molecule has 0 aliphatic rings. The van der Waals surface area contributed by atoms with E-state index in [4.69, 9.17) is 4.74 Å². The second-order valence-electron chi connectivity index (χ2n) is 3.72. The standard InChI is InChI=1S/C12H14N2O2/c1-8(12(15)16-3)14-9(2)13-10-6-4-5-7-11(10)14/h4-8H,1-3H3/t8-/m0/s1. The molecule has 0 saturated carbocycles. The summed E-state index contributed by atoms with van der Waals surface area (Å²) in [4.78, 5) is 15.9. The van der Waals surface area contributed by atoms with Crippen molar-refractivity contribution in [3.05, 3.63) is 30.1 Å². The Hall–Kier alpha value is -1.84. The van der Waals surface area contributed by atoms with Gasteiger partial charge in [-0.2, -0.15) is 0 Å². The summed E-state index contributed by atoms with van der Waals surface area (Å²) in [6.45, 7) is 3.70. The zero-order valence-corrected chi connectivity index (χ0v) is 9.60. The highest BCUT2D eigenvalue weighted by Gasteiger charge is 2.19. The first-order valence-electron chi connectivity index (χ1n) is 5.16. The lowest BCUT2D eigenvalue weighted by atomic mass is 10.3. The number of carbonyl (C=O) groups is 1. The summed E-state index contributed by atoms with van der Waals surface area (Å²) >= 11 is 0. The molecule has 0 spiro atoms. The van der Waals surface area contributed by atoms with Gasteiger partial charge in [0.15, 0.2) is 0 Å². The van der Waals surface area contributed by atoms with E-state index in [0.29, 0.717) is 0 Å². The number of carbonyl (C=O) groups excluding carboxylic acids is 1. The van der Waals surface area contributed by atoms with Crippen LogP contribution in [0.5, 0.6) is 0 Å². The van der Waals surface area contributed by atoms with Crippen LogP contribution in [0.25, 0.3) is 11.0 Å². The van der Waals surface area contributed by atoms with Gasteiger partial charge in [0.2, 0.25) is 0 Å². The summed E-state index contributed by atoms with van der Waals surface area (Å²) in [5, 5.41) is 0. The molecule has 4 heteroatoms. The van der Waals surface area contributed by atoms with E-state index in [1.54, 1.807) is 0 Å². The number of rotatable bonds is 2. The van der Waals surface area contributed by atoms with Crippen LogP contribution in [0.1, 0.15) is 18.8 Å². The van der Waals surface area contributed by atoms with E-state index in [1.165, 1.54) is 7.11 Å². The third-order valence-corrected chi connectivity index (χ3v) is 2.70. The number of fused-ring (bicyclic) bond motifs is 1. The minimum atomic E-state index is -0.350. The number of esters is 1. The summed E-state index contributed by atoms with van der Waals surface area (Å²) in [5.74, 6) is 0.561. The van der Waals surface area contributed by atoms with Crippen molar-refractivity contribution < 1.29 is 9.53 Å². The van der Waals surface area contributed by atoms with E-state index in [1.807, 2.05) is 42.7 Å². The molecule has 2 rings (SSSR count). The molecule has 0 aliphatic heterocycles. The van der Waals surface area contributed by atoms with E-state index in [2.05, 4.69) is 4.98 Å². The molecule has 0 bridgehead atoms. The molecular formula is C12H14N2O2. The third-order valence-electron chi connectivity index (χ3n) is 2.70. The molecule has 84 valence electrons. The Labute approximate surface area is 93.9 Å². The number of methoxy groups -OCH3 is 1.